The predicted octanol–water partition coefficient (Wildman–Crippen LogP) is 3.34. The lowest BCUT2D eigenvalue weighted by molar-refractivity contribution is -0.130. The number of hydrogen-bond acceptors (Lipinski definition) is 4. The molecule has 2 aromatic carbocycles. The number of methoxy groups -OCH3 is 3. The number of rotatable bonds is 6. The maximum atomic E-state index is 11.6. The molecule has 5 heteroatoms. The van der Waals surface area contributed by atoms with Crippen LogP contribution in [0.5, 0.6) is 17.2 Å². The molecule has 0 radical (unpaired) electrons. The van der Waals surface area contributed by atoms with Gasteiger partial charge in [-0.05, 0) is 41.5 Å². The van der Waals surface area contributed by atoms with Gasteiger partial charge in [-0.15, -0.1) is 0 Å². The monoisotopic (exact) mass is 314 g/mol. The fourth-order valence-corrected chi connectivity index (χ4v) is 2.14. The van der Waals surface area contributed by atoms with E-state index >= 15 is 0 Å². The molecule has 0 bridgehead atoms. The topological polar surface area (TPSA) is 65.0 Å². The number of ether oxygens (including phenoxy) is 3. The van der Waals surface area contributed by atoms with Gasteiger partial charge in [-0.25, -0.2) is 4.79 Å². The van der Waals surface area contributed by atoms with E-state index in [1.807, 2.05) is 0 Å². The lowest BCUT2D eigenvalue weighted by Crippen LogP contribution is -2.01. The smallest absolute Gasteiger partial charge is 0.336 e. The van der Waals surface area contributed by atoms with Gasteiger partial charge in [0.2, 0.25) is 0 Å². The average Bonchev–Trinajstić information content (AvgIpc) is 2.59. The Morgan fingerprint density at radius 3 is 2.09 bits per heavy atom. The van der Waals surface area contributed by atoms with Gasteiger partial charge < -0.3 is 19.3 Å². The van der Waals surface area contributed by atoms with Crippen molar-refractivity contribution in [1.82, 2.24) is 0 Å². The van der Waals surface area contributed by atoms with Crippen molar-refractivity contribution in [3.63, 3.8) is 0 Å². The molecule has 1 N–H and O–H groups in total. The first-order valence-electron chi connectivity index (χ1n) is 6.90. The van der Waals surface area contributed by atoms with E-state index in [0.29, 0.717) is 22.8 Å². The van der Waals surface area contributed by atoms with Crippen LogP contribution >= 0.6 is 0 Å². The summed E-state index contributed by atoms with van der Waals surface area (Å²) in [6.45, 7) is 0. The summed E-state index contributed by atoms with van der Waals surface area (Å²) in [5.41, 5.74) is 1.46. The average molecular weight is 314 g/mol. The van der Waals surface area contributed by atoms with E-state index < -0.39 is 5.97 Å². The third kappa shape index (κ3) is 3.83. The molecular weight excluding hydrogens is 296 g/mol. The van der Waals surface area contributed by atoms with Crippen LogP contribution in [0.2, 0.25) is 0 Å². The Hall–Kier alpha value is -2.95. The van der Waals surface area contributed by atoms with Crippen LogP contribution < -0.4 is 14.2 Å². The van der Waals surface area contributed by atoms with E-state index in [4.69, 9.17) is 14.2 Å². The molecule has 0 aliphatic rings. The molecule has 120 valence electrons. The van der Waals surface area contributed by atoms with Crippen molar-refractivity contribution in [1.29, 1.82) is 0 Å². The first kappa shape index (κ1) is 16.4. The van der Waals surface area contributed by atoms with Crippen LogP contribution in [0.3, 0.4) is 0 Å². The number of aliphatic carboxylic acids is 1. The zero-order chi connectivity index (χ0) is 16.8. The van der Waals surface area contributed by atoms with Gasteiger partial charge in [-0.1, -0.05) is 18.2 Å². The Morgan fingerprint density at radius 2 is 1.57 bits per heavy atom. The molecule has 0 spiro atoms. The van der Waals surface area contributed by atoms with Crippen molar-refractivity contribution in [2.24, 2.45) is 0 Å². The van der Waals surface area contributed by atoms with E-state index in [0.717, 1.165) is 5.56 Å². The summed E-state index contributed by atoms with van der Waals surface area (Å²) in [5.74, 6) is 0.718. The summed E-state index contributed by atoms with van der Waals surface area (Å²) in [6, 6.07) is 12.1. The third-order valence-electron chi connectivity index (χ3n) is 3.35. The highest BCUT2D eigenvalue weighted by molar-refractivity contribution is 6.20. The molecule has 0 heterocycles. The van der Waals surface area contributed by atoms with E-state index in [1.165, 1.54) is 14.2 Å². The highest BCUT2D eigenvalue weighted by Gasteiger charge is 2.14. The molecule has 0 atom stereocenters. The zero-order valence-corrected chi connectivity index (χ0v) is 13.2. The van der Waals surface area contributed by atoms with E-state index in [2.05, 4.69) is 0 Å². The highest BCUT2D eigenvalue weighted by Crippen LogP contribution is 2.31. The number of hydrogen-bond donors (Lipinski definition) is 1. The first-order chi connectivity index (χ1) is 11.1. The van der Waals surface area contributed by atoms with E-state index in [1.54, 1.807) is 55.7 Å². The lowest BCUT2D eigenvalue weighted by atomic mass is 10.0. The van der Waals surface area contributed by atoms with Gasteiger partial charge in [0.15, 0.2) is 11.5 Å². The zero-order valence-electron chi connectivity index (χ0n) is 13.2. The molecule has 0 amide bonds. The first-order valence-corrected chi connectivity index (χ1v) is 6.90. The molecule has 5 nitrogen and oxygen atoms in total. The SMILES string of the molecule is COc1ccc(C=C(C(=O)O)c2ccc(OC)c(OC)c2)cc1. The van der Waals surface area contributed by atoms with Gasteiger partial charge in [0.1, 0.15) is 5.75 Å². The summed E-state index contributed by atoms with van der Waals surface area (Å²) in [6.07, 6.45) is 1.60. The van der Waals surface area contributed by atoms with E-state index in [9.17, 15) is 9.90 Å². The van der Waals surface area contributed by atoms with Gasteiger partial charge in [0.05, 0.1) is 26.9 Å². The van der Waals surface area contributed by atoms with Gasteiger partial charge >= 0.3 is 5.97 Å². The minimum absolute atomic E-state index is 0.163. The molecule has 0 unspecified atom stereocenters. The molecule has 0 aliphatic heterocycles. The van der Waals surface area contributed by atoms with E-state index in [-0.39, 0.29) is 5.57 Å². The van der Waals surface area contributed by atoms with Crippen molar-refractivity contribution in [2.75, 3.05) is 21.3 Å². The highest BCUT2D eigenvalue weighted by atomic mass is 16.5. The number of benzene rings is 2. The second-order valence-corrected chi connectivity index (χ2v) is 4.71. The molecule has 0 saturated carbocycles. The van der Waals surface area contributed by atoms with Crippen LogP contribution in [0.4, 0.5) is 0 Å². The Morgan fingerprint density at radius 1 is 0.913 bits per heavy atom. The maximum absolute atomic E-state index is 11.6. The molecule has 0 aromatic heterocycles. The van der Waals surface area contributed by atoms with Crippen molar-refractivity contribution >= 4 is 17.6 Å². The second kappa shape index (κ2) is 7.35. The summed E-state index contributed by atoms with van der Waals surface area (Å²) >= 11 is 0. The maximum Gasteiger partial charge on any atom is 0.336 e. The molecule has 0 saturated heterocycles. The second-order valence-electron chi connectivity index (χ2n) is 4.71. The summed E-state index contributed by atoms with van der Waals surface area (Å²) in [4.78, 5) is 11.6. The van der Waals surface area contributed by atoms with Gasteiger partial charge in [-0.3, -0.25) is 0 Å². The van der Waals surface area contributed by atoms with Crippen LogP contribution in [0.25, 0.3) is 11.6 Å². The van der Waals surface area contributed by atoms with Crippen molar-refractivity contribution in [2.45, 2.75) is 0 Å². The quantitative estimate of drug-likeness (QED) is 0.654. The van der Waals surface area contributed by atoms with Crippen LogP contribution in [0, 0.1) is 0 Å². The molecule has 2 rings (SSSR count). The fraction of sp³-hybridized carbons (Fsp3) is 0.167. The van der Waals surface area contributed by atoms with Crippen molar-refractivity contribution < 1.29 is 24.1 Å². The number of carbonyl (C=O) groups is 1. The minimum atomic E-state index is -1.02. The number of carboxylic acid groups (broad SMARTS) is 1. The van der Waals surface area contributed by atoms with Gasteiger partial charge in [0, 0.05) is 0 Å². The summed E-state index contributed by atoms with van der Waals surface area (Å²) in [7, 11) is 4.62. The van der Waals surface area contributed by atoms with Gasteiger partial charge in [0.25, 0.3) is 0 Å². The Bertz CT molecular complexity index is 717. The molecule has 2 aromatic rings. The normalized spacial score (nSPS) is 11.0. The van der Waals surface area contributed by atoms with Gasteiger partial charge in [-0.2, -0.15) is 0 Å². The molecule has 0 fully saturated rings. The Labute approximate surface area is 134 Å². The van der Waals surface area contributed by atoms with Crippen LogP contribution in [-0.4, -0.2) is 32.4 Å². The Balaban J connectivity index is 2.45. The number of carboxylic acids is 1. The van der Waals surface area contributed by atoms with Crippen molar-refractivity contribution in [3.05, 3.63) is 53.6 Å². The molecule has 23 heavy (non-hydrogen) atoms. The van der Waals surface area contributed by atoms with Crippen LogP contribution in [0.1, 0.15) is 11.1 Å². The largest absolute Gasteiger partial charge is 0.497 e. The Kier molecular flexibility index (Phi) is 5.25. The standard InChI is InChI=1S/C18H18O5/c1-21-14-7-4-12(5-8-14)10-15(18(19)20)13-6-9-16(22-2)17(11-13)23-3/h4-11H,1-3H3,(H,19,20). The summed E-state index contributed by atoms with van der Waals surface area (Å²) in [5, 5.41) is 9.51. The van der Waals surface area contributed by atoms with Crippen LogP contribution in [0.15, 0.2) is 42.5 Å². The lowest BCUT2D eigenvalue weighted by Gasteiger charge is -2.10. The van der Waals surface area contributed by atoms with Crippen LogP contribution in [-0.2, 0) is 4.79 Å². The third-order valence-corrected chi connectivity index (χ3v) is 3.35. The summed E-state index contributed by atoms with van der Waals surface area (Å²) < 4.78 is 15.5. The predicted molar refractivity (Wildman–Crippen MR) is 88.0 cm³/mol. The molecule has 0 aliphatic carbocycles. The fourth-order valence-electron chi connectivity index (χ4n) is 2.14. The minimum Gasteiger partial charge on any atom is -0.497 e. The molecular formula is C18H18O5. The van der Waals surface area contributed by atoms with Crippen molar-refractivity contribution in [3.8, 4) is 17.2 Å².